The summed E-state index contributed by atoms with van der Waals surface area (Å²) >= 11 is 3.29. The molecule has 0 heterocycles. The Kier molecular flexibility index (Phi) is 1.99. The molecule has 2 aliphatic carbocycles. The van der Waals surface area contributed by atoms with E-state index in [1.807, 2.05) is 0 Å². The smallest absolute Gasteiger partial charge is 0.111 e. The standard InChI is InChI=1S/C9H12BrNO/c10-7(8(11)5-1-2-5)9(12)6-3-4-6/h5-6,11-12H,1-4H2/b9-7+,11-8?. The third kappa shape index (κ3) is 1.56. The largest absolute Gasteiger partial charge is 0.511 e. The monoisotopic (exact) mass is 229 g/mol. The quantitative estimate of drug-likeness (QED) is 0.568. The van der Waals surface area contributed by atoms with Gasteiger partial charge < -0.3 is 10.5 Å². The van der Waals surface area contributed by atoms with Crippen molar-refractivity contribution in [2.24, 2.45) is 11.8 Å². The normalized spacial score (nSPS) is 25.1. The van der Waals surface area contributed by atoms with Crippen molar-refractivity contribution >= 4 is 21.6 Å². The first-order valence-electron chi connectivity index (χ1n) is 4.37. The lowest BCUT2D eigenvalue weighted by Gasteiger charge is -2.03. The third-order valence-corrected chi connectivity index (χ3v) is 3.24. The topological polar surface area (TPSA) is 44.1 Å². The van der Waals surface area contributed by atoms with Gasteiger partial charge in [0.2, 0.25) is 0 Å². The van der Waals surface area contributed by atoms with Crippen LogP contribution in [0.5, 0.6) is 0 Å². The van der Waals surface area contributed by atoms with Crippen LogP contribution in [0.15, 0.2) is 10.2 Å². The molecule has 2 fully saturated rings. The Morgan fingerprint density at radius 1 is 1.17 bits per heavy atom. The summed E-state index contributed by atoms with van der Waals surface area (Å²) in [4.78, 5) is 0. The fourth-order valence-corrected chi connectivity index (χ4v) is 1.87. The lowest BCUT2D eigenvalue weighted by molar-refractivity contribution is 0.379. The highest BCUT2D eigenvalue weighted by atomic mass is 79.9. The van der Waals surface area contributed by atoms with E-state index in [2.05, 4.69) is 15.9 Å². The van der Waals surface area contributed by atoms with Crippen LogP contribution in [-0.4, -0.2) is 10.8 Å². The highest BCUT2D eigenvalue weighted by molar-refractivity contribution is 9.12. The van der Waals surface area contributed by atoms with Crippen molar-refractivity contribution in [2.75, 3.05) is 0 Å². The molecule has 2 nitrogen and oxygen atoms in total. The highest BCUT2D eigenvalue weighted by Gasteiger charge is 2.33. The first-order chi connectivity index (χ1) is 5.70. The summed E-state index contributed by atoms with van der Waals surface area (Å²) in [5, 5.41) is 17.3. The first-order valence-corrected chi connectivity index (χ1v) is 5.17. The van der Waals surface area contributed by atoms with Gasteiger partial charge in [0.15, 0.2) is 0 Å². The Morgan fingerprint density at radius 3 is 2.08 bits per heavy atom. The summed E-state index contributed by atoms with van der Waals surface area (Å²) in [7, 11) is 0. The molecule has 0 bridgehead atoms. The van der Waals surface area contributed by atoms with Gasteiger partial charge in [0, 0.05) is 11.8 Å². The number of aliphatic hydroxyl groups is 1. The second-order valence-corrected chi connectivity index (χ2v) is 4.45. The van der Waals surface area contributed by atoms with Crippen LogP contribution >= 0.6 is 15.9 Å². The van der Waals surface area contributed by atoms with Crippen LogP contribution in [-0.2, 0) is 0 Å². The predicted molar refractivity (Wildman–Crippen MR) is 51.8 cm³/mol. The zero-order valence-corrected chi connectivity index (χ0v) is 8.39. The van der Waals surface area contributed by atoms with E-state index in [-0.39, 0.29) is 0 Å². The summed E-state index contributed by atoms with van der Waals surface area (Å²) in [6.07, 6.45) is 4.40. The van der Waals surface area contributed by atoms with E-state index < -0.39 is 0 Å². The molecule has 66 valence electrons. The number of allylic oxidation sites excluding steroid dienone is 2. The van der Waals surface area contributed by atoms with E-state index in [0.29, 0.717) is 27.8 Å². The first kappa shape index (κ1) is 8.30. The minimum Gasteiger partial charge on any atom is -0.511 e. The van der Waals surface area contributed by atoms with Crippen LogP contribution < -0.4 is 0 Å². The molecule has 2 rings (SSSR count). The molecule has 12 heavy (non-hydrogen) atoms. The molecule has 0 saturated heterocycles. The minimum absolute atomic E-state index is 0.346. The Morgan fingerprint density at radius 2 is 1.67 bits per heavy atom. The molecule has 0 amide bonds. The van der Waals surface area contributed by atoms with Crippen LogP contribution in [0.3, 0.4) is 0 Å². The van der Waals surface area contributed by atoms with Crippen molar-refractivity contribution in [1.82, 2.24) is 0 Å². The second kappa shape index (κ2) is 2.87. The van der Waals surface area contributed by atoms with Gasteiger partial charge in [-0.3, -0.25) is 0 Å². The van der Waals surface area contributed by atoms with Gasteiger partial charge in [0.05, 0.1) is 10.2 Å². The highest BCUT2D eigenvalue weighted by Crippen LogP contribution is 2.41. The molecule has 0 aromatic heterocycles. The van der Waals surface area contributed by atoms with Gasteiger partial charge >= 0.3 is 0 Å². The summed E-state index contributed by atoms with van der Waals surface area (Å²) in [5.41, 5.74) is 0.597. The van der Waals surface area contributed by atoms with Gasteiger partial charge in [0.25, 0.3) is 0 Å². The molecular weight excluding hydrogens is 218 g/mol. The van der Waals surface area contributed by atoms with Crippen LogP contribution in [0.25, 0.3) is 0 Å². The van der Waals surface area contributed by atoms with Crippen molar-refractivity contribution in [3.05, 3.63) is 10.2 Å². The Labute approximate surface area is 80.3 Å². The summed E-state index contributed by atoms with van der Waals surface area (Å²) in [5.74, 6) is 1.17. The molecule has 0 aromatic carbocycles. The van der Waals surface area contributed by atoms with Crippen molar-refractivity contribution in [3.63, 3.8) is 0 Å². The van der Waals surface area contributed by atoms with E-state index in [1.165, 1.54) is 0 Å². The number of hydrogen-bond donors (Lipinski definition) is 2. The fraction of sp³-hybridized carbons (Fsp3) is 0.667. The average Bonchev–Trinajstić information content (AvgIpc) is 2.90. The Hall–Kier alpha value is -0.310. The van der Waals surface area contributed by atoms with Gasteiger partial charge in [-0.15, -0.1) is 0 Å². The molecule has 2 aliphatic rings. The molecule has 0 aromatic rings. The summed E-state index contributed by atoms with van der Waals surface area (Å²) < 4.78 is 0.660. The number of rotatable bonds is 3. The Bertz CT molecular complexity index is 251. The van der Waals surface area contributed by atoms with Crippen molar-refractivity contribution in [2.45, 2.75) is 25.7 Å². The van der Waals surface area contributed by atoms with Gasteiger partial charge in [-0.1, -0.05) is 0 Å². The molecular formula is C9H12BrNO. The van der Waals surface area contributed by atoms with E-state index in [4.69, 9.17) is 5.41 Å². The molecule has 0 unspecified atom stereocenters. The third-order valence-electron chi connectivity index (χ3n) is 2.41. The van der Waals surface area contributed by atoms with Crippen LogP contribution in [0, 0.1) is 17.2 Å². The van der Waals surface area contributed by atoms with Gasteiger partial charge in [-0.2, -0.15) is 0 Å². The maximum atomic E-state index is 9.60. The zero-order chi connectivity index (χ0) is 8.72. The number of halogens is 1. The maximum absolute atomic E-state index is 9.60. The molecule has 0 spiro atoms. The van der Waals surface area contributed by atoms with Gasteiger partial charge in [-0.05, 0) is 41.6 Å². The zero-order valence-electron chi connectivity index (χ0n) is 6.81. The summed E-state index contributed by atoms with van der Waals surface area (Å²) in [6.45, 7) is 0. The second-order valence-electron chi connectivity index (χ2n) is 3.66. The lowest BCUT2D eigenvalue weighted by Crippen LogP contribution is -2.02. The van der Waals surface area contributed by atoms with Gasteiger partial charge in [-0.25, -0.2) is 0 Å². The minimum atomic E-state index is 0.346. The molecule has 0 radical (unpaired) electrons. The van der Waals surface area contributed by atoms with Crippen LogP contribution in [0.2, 0.25) is 0 Å². The lowest BCUT2D eigenvalue weighted by atomic mass is 10.2. The fourth-order valence-electron chi connectivity index (χ4n) is 1.23. The van der Waals surface area contributed by atoms with E-state index in [9.17, 15) is 5.11 Å². The van der Waals surface area contributed by atoms with Crippen LogP contribution in [0.4, 0.5) is 0 Å². The summed E-state index contributed by atoms with van der Waals surface area (Å²) in [6, 6.07) is 0. The van der Waals surface area contributed by atoms with Crippen molar-refractivity contribution in [1.29, 1.82) is 5.41 Å². The Balaban J connectivity index is 2.08. The molecule has 0 atom stereocenters. The number of aliphatic hydroxyl groups excluding tert-OH is 1. The van der Waals surface area contributed by atoms with E-state index in [1.54, 1.807) is 0 Å². The van der Waals surface area contributed by atoms with E-state index >= 15 is 0 Å². The molecule has 0 aliphatic heterocycles. The van der Waals surface area contributed by atoms with Crippen molar-refractivity contribution < 1.29 is 5.11 Å². The van der Waals surface area contributed by atoms with Crippen LogP contribution in [0.1, 0.15) is 25.7 Å². The molecule has 2 saturated carbocycles. The maximum Gasteiger partial charge on any atom is 0.111 e. The van der Waals surface area contributed by atoms with Crippen molar-refractivity contribution in [3.8, 4) is 0 Å². The van der Waals surface area contributed by atoms with E-state index in [0.717, 1.165) is 25.7 Å². The number of hydrogen-bond acceptors (Lipinski definition) is 2. The molecule has 2 N–H and O–H groups in total. The molecule has 3 heteroatoms. The average molecular weight is 230 g/mol. The predicted octanol–water partition coefficient (Wildman–Crippen LogP) is 2.99. The SMILES string of the molecule is N=C(/C(Br)=C(\O)C1CC1)C1CC1. The number of nitrogens with one attached hydrogen (secondary N) is 1. The van der Waals surface area contributed by atoms with Gasteiger partial charge in [0.1, 0.15) is 5.76 Å².